The lowest BCUT2D eigenvalue weighted by molar-refractivity contribution is -0.137. The molecule has 0 saturated carbocycles. The molecule has 7 heteroatoms. The molecule has 23 heavy (non-hydrogen) atoms. The van der Waals surface area contributed by atoms with Crippen molar-refractivity contribution in [1.82, 2.24) is 15.4 Å². The Bertz CT molecular complexity index is 873. The molecule has 0 bridgehead atoms. The number of nitrogens with one attached hydrogen (secondary N) is 1. The van der Waals surface area contributed by atoms with Crippen molar-refractivity contribution in [3.8, 4) is 28.5 Å². The molecule has 0 unspecified atom stereocenters. The van der Waals surface area contributed by atoms with E-state index in [1.165, 1.54) is 12.1 Å². The summed E-state index contributed by atoms with van der Waals surface area (Å²) in [6, 6.07) is 13.9. The highest BCUT2D eigenvalue weighted by molar-refractivity contribution is 5.73. The van der Waals surface area contributed by atoms with Crippen LogP contribution in [0.4, 0.5) is 13.2 Å². The Kier molecular flexibility index (Phi) is 3.58. The van der Waals surface area contributed by atoms with Crippen LogP contribution in [0.15, 0.2) is 48.5 Å². The van der Waals surface area contributed by atoms with Crippen molar-refractivity contribution in [2.75, 3.05) is 0 Å². The molecule has 0 aliphatic heterocycles. The first-order valence-electron chi connectivity index (χ1n) is 6.58. The fourth-order valence-electron chi connectivity index (χ4n) is 2.21. The summed E-state index contributed by atoms with van der Waals surface area (Å²) >= 11 is 0. The average Bonchev–Trinajstić information content (AvgIpc) is 3.03. The van der Waals surface area contributed by atoms with Crippen LogP contribution in [0.3, 0.4) is 0 Å². The van der Waals surface area contributed by atoms with Crippen LogP contribution < -0.4 is 0 Å². The van der Waals surface area contributed by atoms with Gasteiger partial charge in [0.2, 0.25) is 0 Å². The normalized spacial score (nSPS) is 11.2. The number of hydrogen-bond acceptors (Lipinski definition) is 3. The van der Waals surface area contributed by atoms with E-state index in [1.54, 1.807) is 24.3 Å². The topological polar surface area (TPSA) is 65.4 Å². The lowest BCUT2D eigenvalue weighted by atomic mass is 10.00. The molecule has 3 rings (SSSR count). The van der Waals surface area contributed by atoms with Crippen LogP contribution in [0.25, 0.3) is 22.4 Å². The number of benzene rings is 2. The third-order valence-corrected chi connectivity index (χ3v) is 3.34. The second-order valence-corrected chi connectivity index (χ2v) is 4.79. The van der Waals surface area contributed by atoms with Gasteiger partial charge < -0.3 is 0 Å². The van der Waals surface area contributed by atoms with Crippen LogP contribution in [-0.2, 0) is 6.18 Å². The highest BCUT2D eigenvalue weighted by Crippen LogP contribution is 2.32. The number of nitrogens with zero attached hydrogens (tertiary/aromatic N) is 3. The van der Waals surface area contributed by atoms with Gasteiger partial charge in [0.15, 0.2) is 5.69 Å². The fourth-order valence-corrected chi connectivity index (χ4v) is 2.21. The van der Waals surface area contributed by atoms with Gasteiger partial charge in [-0.05, 0) is 29.3 Å². The monoisotopic (exact) mass is 314 g/mol. The molecule has 1 aromatic heterocycles. The van der Waals surface area contributed by atoms with Crippen LogP contribution in [0.2, 0.25) is 0 Å². The lowest BCUT2D eigenvalue weighted by Gasteiger charge is -2.08. The minimum atomic E-state index is -4.36. The predicted octanol–water partition coefficient (Wildman–Crippen LogP) is 4.03. The van der Waals surface area contributed by atoms with E-state index in [-0.39, 0.29) is 5.69 Å². The lowest BCUT2D eigenvalue weighted by Crippen LogP contribution is -2.03. The number of aromatic nitrogens is 3. The van der Waals surface area contributed by atoms with E-state index in [0.29, 0.717) is 16.8 Å². The van der Waals surface area contributed by atoms with Gasteiger partial charge in [0.05, 0.1) is 5.56 Å². The maximum absolute atomic E-state index is 12.6. The number of H-pyrrole nitrogens is 1. The molecule has 0 fully saturated rings. The molecule has 0 saturated heterocycles. The zero-order valence-electron chi connectivity index (χ0n) is 11.6. The second-order valence-electron chi connectivity index (χ2n) is 4.79. The molecular formula is C16H9F3N4. The van der Waals surface area contributed by atoms with Crippen LogP contribution in [0.5, 0.6) is 0 Å². The molecule has 1 N–H and O–H groups in total. The molecule has 0 amide bonds. The van der Waals surface area contributed by atoms with Crippen LogP contribution in [0, 0.1) is 11.3 Å². The molecule has 0 aliphatic rings. The van der Waals surface area contributed by atoms with Crippen molar-refractivity contribution in [2.24, 2.45) is 0 Å². The van der Waals surface area contributed by atoms with Crippen molar-refractivity contribution < 1.29 is 13.2 Å². The van der Waals surface area contributed by atoms with Crippen molar-refractivity contribution in [3.05, 3.63) is 59.8 Å². The number of nitriles is 1. The van der Waals surface area contributed by atoms with Gasteiger partial charge in [-0.3, -0.25) is 0 Å². The Morgan fingerprint density at radius 3 is 2.26 bits per heavy atom. The second kappa shape index (κ2) is 5.57. The first kappa shape index (κ1) is 14.8. The Morgan fingerprint density at radius 1 is 0.913 bits per heavy atom. The minimum Gasteiger partial charge on any atom is -0.196 e. The quantitative estimate of drug-likeness (QED) is 0.776. The maximum Gasteiger partial charge on any atom is 0.416 e. The zero-order valence-corrected chi connectivity index (χ0v) is 11.6. The van der Waals surface area contributed by atoms with Crippen molar-refractivity contribution in [3.63, 3.8) is 0 Å². The number of hydrogen-bond donors (Lipinski definition) is 1. The van der Waals surface area contributed by atoms with E-state index in [2.05, 4.69) is 15.4 Å². The van der Waals surface area contributed by atoms with Crippen molar-refractivity contribution >= 4 is 0 Å². The summed E-state index contributed by atoms with van der Waals surface area (Å²) < 4.78 is 37.8. The third kappa shape index (κ3) is 2.92. The third-order valence-electron chi connectivity index (χ3n) is 3.34. The first-order valence-corrected chi connectivity index (χ1v) is 6.58. The molecule has 0 spiro atoms. The molecule has 0 radical (unpaired) electrons. The van der Waals surface area contributed by atoms with Gasteiger partial charge in [-0.2, -0.15) is 28.7 Å². The summed E-state index contributed by atoms with van der Waals surface area (Å²) in [5.74, 6) is 0. The zero-order chi connectivity index (χ0) is 16.4. The molecule has 2 aromatic carbocycles. The maximum atomic E-state index is 12.6. The summed E-state index contributed by atoms with van der Waals surface area (Å²) in [6.07, 6.45) is -4.36. The first-order chi connectivity index (χ1) is 11.0. The van der Waals surface area contributed by atoms with E-state index >= 15 is 0 Å². The molecular weight excluding hydrogens is 305 g/mol. The Balaban J connectivity index is 1.99. The Morgan fingerprint density at radius 2 is 1.61 bits per heavy atom. The summed E-state index contributed by atoms with van der Waals surface area (Å²) in [5.41, 5.74) is 1.90. The highest BCUT2D eigenvalue weighted by Gasteiger charge is 2.29. The number of aromatic amines is 1. The van der Waals surface area contributed by atoms with E-state index < -0.39 is 11.7 Å². The Labute approximate surface area is 129 Å². The predicted molar refractivity (Wildman–Crippen MR) is 77.0 cm³/mol. The minimum absolute atomic E-state index is 0.162. The van der Waals surface area contributed by atoms with E-state index in [4.69, 9.17) is 5.26 Å². The van der Waals surface area contributed by atoms with Crippen LogP contribution >= 0.6 is 0 Å². The highest BCUT2D eigenvalue weighted by atomic mass is 19.4. The van der Waals surface area contributed by atoms with Gasteiger partial charge in [-0.25, -0.2) is 0 Å². The van der Waals surface area contributed by atoms with E-state index in [1.807, 2.05) is 6.07 Å². The smallest absolute Gasteiger partial charge is 0.196 e. The summed E-state index contributed by atoms with van der Waals surface area (Å²) in [4.78, 5) is 0. The molecule has 3 aromatic rings. The van der Waals surface area contributed by atoms with Gasteiger partial charge in [0.25, 0.3) is 0 Å². The van der Waals surface area contributed by atoms with Gasteiger partial charge in [-0.1, -0.05) is 30.3 Å². The largest absolute Gasteiger partial charge is 0.416 e. The summed E-state index contributed by atoms with van der Waals surface area (Å²) in [6.45, 7) is 0. The summed E-state index contributed by atoms with van der Waals surface area (Å²) in [5, 5.41) is 19.0. The Hall–Kier alpha value is -3.14. The van der Waals surface area contributed by atoms with Gasteiger partial charge in [-0.15, -0.1) is 5.10 Å². The standard InChI is InChI=1S/C16H9F3N4/c17-16(18,19)13-6-4-10(5-7-13)11-2-1-3-12(8-11)15-14(9-20)21-23-22-15/h1-8H,(H,21,22,23). The molecule has 4 nitrogen and oxygen atoms in total. The molecule has 0 aliphatic carbocycles. The van der Waals surface area contributed by atoms with Gasteiger partial charge in [0.1, 0.15) is 11.8 Å². The number of alkyl halides is 3. The molecule has 1 heterocycles. The average molecular weight is 314 g/mol. The number of rotatable bonds is 2. The van der Waals surface area contributed by atoms with Gasteiger partial charge in [0, 0.05) is 5.56 Å². The van der Waals surface area contributed by atoms with Crippen molar-refractivity contribution in [1.29, 1.82) is 5.26 Å². The van der Waals surface area contributed by atoms with Crippen molar-refractivity contribution in [2.45, 2.75) is 6.18 Å². The summed E-state index contributed by atoms with van der Waals surface area (Å²) in [7, 11) is 0. The fraction of sp³-hybridized carbons (Fsp3) is 0.0625. The SMILES string of the molecule is N#Cc1n[nH]nc1-c1cccc(-c2ccc(C(F)(F)F)cc2)c1. The molecule has 0 atom stereocenters. The van der Waals surface area contributed by atoms with Crippen LogP contribution in [0.1, 0.15) is 11.3 Å². The van der Waals surface area contributed by atoms with Gasteiger partial charge >= 0.3 is 6.18 Å². The number of halogens is 3. The molecule has 114 valence electrons. The van der Waals surface area contributed by atoms with E-state index in [0.717, 1.165) is 17.7 Å². The van der Waals surface area contributed by atoms with Crippen LogP contribution in [-0.4, -0.2) is 15.4 Å². The van der Waals surface area contributed by atoms with E-state index in [9.17, 15) is 13.2 Å².